The third kappa shape index (κ3) is 1.79. The van der Waals surface area contributed by atoms with Crippen molar-refractivity contribution in [1.82, 2.24) is 0 Å². The van der Waals surface area contributed by atoms with Gasteiger partial charge in [0.25, 0.3) is 0 Å². The number of rotatable bonds is 2. The summed E-state index contributed by atoms with van der Waals surface area (Å²) in [7, 11) is 1.42. The molecule has 0 heterocycles. The molecule has 0 N–H and O–H groups in total. The number of hydrogen-bond donors (Lipinski definition) is 0. The summed E-state index contributed by atoms with van der Waals surface area (Å²) >= 11 is 0. The van der Waals surface area contributed by atoms with Gasteiger partial charge >= 0.3 is 5.97 Å². The van der Waals surface area contributed by atoms with Crippen LogP contribution in [0.1, 0.15) is 40.2 Å². The van der Waals surface area contributed by atoms with E-state index < -0.39 is 0 Å². The van der Waals surface area contributed by atoms with Gasteiger partial charge in [-0.15, -0.1) is 0 Å². The number of methoxy groups -OCH3 is 1. The van der Waals surface area contributed by atoms with Crippen LogP contribution in [0.2, 0.25) is 0 Å². The molecular weight excluding hydrogens is 176 g/mol. The number of esters is 1. The SMILES string of the molecule is COC(=O)c1cc(C)cc(C2CC2)c1. The molecule has 1 fully saturated rings. The van der Waals surface area contributed by atoms with Crippen LogP contribution < -0.4 is 0 Å². The largest absolute Gasteiger partial charge is 0.465 e. The summed E-state index contributed by atoms with van der Waals surface area (Å²) in [5.74, 6) is 0.439. The van der Waals surface area contributed by atoms with Crippen LogP contribution in [-0.4, -0.2) is 13.1 Å². The lowest BCUT2D eigenvalue weighted by Crippen LogP contribution is -2.02. The van der Waals surface area contributed by atoms with Gasteiger partial charge in [-0.05, 0) is 48.9 Å². The summed E-state index contributed by atoms with van der Waals surface area (Å²) in [6, 6.07) is 5.98. The van der Waals surface area contributed by atoms with Crippen LogP contribution in [0.15, 0.2) is 18.2 Å². The van der Waals surface area contributed by atoms with Crippen molar-refractivity contribution < 1.29 is 9.53 Å². The van der Waals surface area contributed by atoms with E-state index in [9.17, 15) is 4.79 Å². The van der Waals surface area contributed by atoms with E-state index in [1.807, 2.05) is 19.1 Å². The van der Waals surface area contributed by atoms with Gasteiger partial charge in [-0.25, -0.2) is 4.79 Å². The zero-order valence-corrected chi connectivity index (χ0v) is 8.54. The lowest BCUT2D eigenvalue weighted by atomic mass is 10.0. The molecule has 2 heteroatoms. The zero-order valence-electron chi connectivity index (χ0n) is 8.54. The van der Waals surface area contributed by atoms with Gasteiger partial charge in [0.2, 0.25) is 0 Å². The highest BCUT2D eigenvalue weighted by Crippen LogP contribution is 2.40. The molecule has 1 aliphatic rings. The van der Waals surface area contributed by atoms with E-state index in [2.05, 4.69) is 6.07 Å². The van der Waals surface area contributed by atoms with Crippen molar-refractivity contribution in [2.45, 2.75) is 25.7 Å². The fourth-order valence-electron chi connectivity index (χ4n) is 1.70. The fourth-order valence-corrected chi connectivity index (χ4v) is 1.70. The van der Waals surface area contributed by atoms with Crippen LogP contribution in [0.5, 0.6) is 0 Å². The molecule has 14 heavy (non-hydrogen) atoms. The van der Waals surface area contributed by atoms with Gasteiger partial charge < -0.3 is 4.74 Å². The van der Waals surface area contributed by atoms with Crippen molar-refractivity contribution in [3.05, 3.63) is 34.9 Å². The van der Waals surface area contributed by atoms with Gasteiger partial charge in [0, 0.05) is 0 Å². The zero-order chi connectivity index (χ0) is 10.1. The second-order valence-corrected chi connectivity index (χ2v) is 3.90. The number of carbonyl (C=O) groups is 1. The van der Waals surface area contributed by atoms with Gasteiger partial charge in [0.1, 0.15) is 0 Å². The second-order valence-electron chi connectivity index (χ2n) is 3.90. The van der Waals surface area contributed by atoms with Crippen LogP contribution in [-0.2, 0) is 4.74 Å². The number of aryl methyl sites for hydroxylation is 1. The van der Waals surface area contributed by atoms with Gasteiger partial charge in [-0.2, -0.15) is 0 Å². The smallest absolute Gasteiger partial charge is 0.337 e. The maximum atomic E-state index is 11.3. The molecule has 1 aromatic carbocycles. The van der Waals surface area contributed by atoms with Crippen molar-refractivity contribution >= 4 is 5.97 Å². The monoisotopic (exact) mass is 190 g/mol. The Balaban J connectivity index is 2.35. The summed E-state index contributed by atoms with van der Waals surface area (Å²) < 4.78 is 4.71. The normalized spacial score (nSPS) is 15.3. The molecule has 2 nitrogen and oxygen atoms in total. The Morgan fingerprint density at radius 1 is 1.36 bits per heavy atom. The van der Waals surface area contributed by atoms with E-state index >= 15 is 0 Å². The Hall–Kier alpha value is -1.31. The number of carbonyl (C=O) groups excluding carboxylic acids is 1. The molecule has 0 spiro atoms. The van der Waals surface area contributed by atoms with Crippen molar-refractivity contribution in [3.63, 3.8) is 0 Å². The highest BCUT2D eigenvalue weighted by Gasteiger charge is 2.24. The molecule has 0 radical (unpaired) electrons. The Morgan fingerprint density at radius 3 is 2.64 bits per heavy atom. The molecule has 74 valence electrons. The Kier molecular flexibility index (Phi) is 2.28. The highest BCUT2D eigenvalue weighted by molar-refractivity contribution is 5.89. The average Bonchev–Trinajstić information content (AvgIpc) is 2.98. The quantitative estimate of drug-likeness (QED) is 0.670. The maximum absolute atomic E-state index is 11.3. The number of ether oxygens (including phenoxy) is 1. The molecule has 0 unspecified atom stereocenters. The van der Waals surface area contributed by atoms with E-state index in [-0.39, 0.29) is 5.97 Å². The van der Waals surface area contributed by atoms with Gasteiger partial charge in [-0.1, -0.05) is 6.07 Å². The van der Waals surface area contributed by atoms with E-state index in [1.165, 1.54) is 25.5 Å². The molecule has 0 amide bonds. The van der Waals surface area contributed by atoms with Gasteiger partial charge in [0.15, 0.2) is 0 Å². The Bertz CT molecular complexity index is 365. The summed E-state index contributed by atoms with van der Waals surface area (Å²) in [6.07, 6.45) is 2.51. The summed E-state index contributed by atoms with van der Waals surface area (Å²) in [4.78, 5) is 11.3. The molecule has 0 atom stereocenters. The first-order valence-corrected chi connectivity index (χ1v) is 4.90. The molecular formula is C12H14O2. The van der Waals surface area contributed by atoms with Crippen LogP contribution in [0.3, 0.4) is 0 Å². The van der Waals surface area contributed by atoms with Crippen molar-refractivity contribution in [2.75, 3.05) is 7.11 Å². The number of hydrogen-bond acceptors (Lipinski definition) is 2. The topological polar surface area (TPSA) is 26.3 Å². The molecule has 0 bridgehead atoms. The van der Waals surface area contributed by atoms with Gasteiger partial charge in [-0.3, -0.25) is 0 Å². The number of benzene rings is 1. The predicted molar refractivity (Wildman–Crippen MR) is 54.5 cm³/mol. The van der Waals surface area contributed by atoms with Crippen LogP contribution >= 0.6 is 0 Å². The summed E-state index contributed by atoms with van der Waals surface area (Å²) in [5.41, 5.74) is 3.09. The first-order chi connectivity index (χ1) is 6.70. The van der Waals surface area contributed by atoms with E-state index in [1.54, 1.807) is 0 Å². The predicted octanol–water partition coefficient (Wildman–Crippen LogP) is 2.66. The van der Waals surface area contributed by atoms with Crippen molar-refractivity contribution in [1.29, 1.82) is 0 Å². The van der Waals surface area contributed by atoms with Crippen LogP contribution in [0.4, 0.5) is 0 Å². The fraction of sp³-hybridized carbons (Fsp3) is 0.417. The molecule has 1 aromatic rings. The third-order valence-corrected chi connectivity index (χ3v) is 2.57. The molecule has 1 saturated carbocycles. The van der Waals surface area contributed by atoms with E-state index in [0.29, 0.717) is 11.5 Å². The molecule has 0 aliphatic heterocycles. The Morgan fingerprint density at radius 2 is 2.07 bits per heavy atom. The lowest BCUT2D eigenvalue weighted by molar-refractivity contribution is 0.0600. The standard InChI is InChI=1S/C12H14O2/c1-8-5-10(9-3-4-9)7-11(6-8)12(13)14-2/h5-7,9H,3-4H2,1-2H3. The van der Waals surface area contributed by atoms with Crippen LogP contribution in [0, 0.1) is 6.92 Å². The summed E-state index contributed by atoms with van der Waals surface area (Å²) in [6.45, 7) is 2.01. The van der Waals surface area contributed by atoms with E-state index in [4.69, 9.17) is 4.74 Å². The Labute approximate surface area is 83.9 Å². The van der Waals surface area contributed by atoms with Crippen molar-refractivity contribution in [3.8, 4) is 0 Å². The maximum Gasteiger partial charge on any atom is 0.337 e. The average molecular weight is 190 g/mol. The second kappa shape index (κ2) is 3.45. The van der Waals surface area contributed by atoms with E-state index in [0.717, 1.165) is 5.56 Å². The third-order valence-electron chi connectivity index (χ3n) is 2.57. The summed E-state index contributed by atoms with van der Waals surface area (Å²) in [5, 5.41) is 0. The molecule has 0 saturated heterocycles. The first-order valence-electron chi connectivity index (χ1n) is 4.90. The molecule has 2 rings (SSSR count). The van der Waals surface area contributed by atoms with Gasteiger partial charge in [0.05, 0.1) is 12.7 Å². The first kappa shape index (κ1) is 9.25. The minimum absolute atomic E-state index is 0.240. The minimum Gasteiger partial charge on any atom is -0.465 e. The lowest BCUT2D eigenvalue weighted by Gasteiger charge is -2.04. The molecule has 0 aromatic heterocycles. The highest BCUT2D eigenvalue weighted by atomic mass is 16.5. The molecule has 1 aliphatic carbocycles. The van der Waals surface area contributed by atoms with Crippen LogP contribution in [0.25, 0.3) is 0 Å². The van der Waals surface area contributed by atoms with Crippen molar-refractivity contribution in [2.24, 2.45) is 0 Å². The minimum atomic E-state index is -0.240.